The van der Waals surface area contributed by atoms with Gasteiger partial charge in [-0.15, -0.1) is 0 Å². The normalized spacial score (nSPS) is 13.4. The second-order valence-corrected chi connectivity index (χ2v) is 9.50. The number of carboxylic acids is 1. The van der Waals surface area contributed by atoms with Gasteiger partial charge in [-0.1, -0.05) is 82.1 Å². The van der Waals surface area contributed by atoms with E-state index in [9.17, 15) is 14.7 Å². The highest BCUT2D eigenvalue weighted by atomic mass is 79.9. The summed E-state index contributed by atoms with van der Waals surface area (Å²) in [4.78, 5) is 26.8. The standard InChI is InChI=1S/C26H23BrClNO4/c1-15(2)29(24(25(30)31)21-12-11-16(28)13-23(21)27)26(32)33-14-22-19-9-5-3-7-17(19)18-8-4-6-10-20(18)22/h3-13,15,22,24H,14H2,1-2H3,(H,30,31). The van der Waals surface area contributed by atoms with Crippen LogP contribution in [0.2, 0.25) is 5.02 Å². The summed E-state index contributed by atoms with van der Waals surface area (Å²) in [5, 5.41) is 10.5. The quantitative estimate of drug-likeness (QED) is 0.378. The molecule has 0 aliphatic heterocycles. The van der Waals surface area contributed by atoms with Crippen molar-refractivity contribution in [3.63, 3.8) is 0 Å². The van der Waals surface area contributed by atoms with E-state index in [0.717, 1.165) is 22.3 Å². The molecule has 3 aromatic carbocycles. The van der Waals surface area contributed by atoms with Gasteiger partial charge in [0.25, 0.3) is 0 Å². The van der Waals surface area contributed by atoms with Gasteiger partial charge in [0.1, 0.15) is 6.61 Å². The summed E-state index contributed by atoms with van der Waals surface area (Å²) < 4.78 is 6.28. The van der Waals surface area contributed by atoms with Crippen molar-refractivity contribution in [2.75, 3.05) is 6.61 Å². The Bertz CT molecular complexity index is 1170. The molecule has 7 heteroatoms. The van der Waals surface area contributed by atoms with Crippen LogP contribution in [0.25, 0.3) is 11.1 Å². The second kappa shape index (κ2) is 9.57. The number of ether oxygens (including phenoxy) is 1. The Morgan fingerprint density at radius 3 is 2.12 bits per heavy atom. The second-order valence-electron chi connectivity index (χ2n) is 8.21. The smallest absolute Gasteiger partial charge is 0.411 e. The zero-order chi connectivity index (χ0) is 23.7. The maximum absolute atomic E-state index is 13.3. The minimum Gasteiger partial charge on any atom is -0.479 e. The average molecular weight is 529 g/mol. The van der Waals surface area contributed by atoms with Crippen molar-refractivity contribution in [1.29, 1.82) is 0 Å². The van der Waals surface area contributed by atoms with Crippen LogP contribution < -0.4 is 0 Å². The Morgan fingerprint density at radius 2 is 1.61 bits per heavy atom. The van der Waals surface area contributed by atoms with E-state index >= 15 is 0 Å². The maximum atomic E-state index is 13.3. The molecule has 0 spiro atoms. The minimum absolute atomic E-state index is 0.110. The largest absolute Gasteiger partial charge is 0.479 e. The molecule has 1 N–H and O–H groups in total. The minimum atomic E-state index is -1.23. The molecule has 33 heavy (non-hydrogen) atoms. The molecule has 170 valence electrons. The van der Waals surface area contributed by atoms with Crippen LogP contribution in [-0.2, 0) is 9.53 Å². The summed E-state index contributed by atoms with van der Waals surface area (Å²) in [5.41, 5.74) is 4.87. The molecular formula is C26H23BrClNO4. The average Bonchev–Trinajstić information content (AvgIpc) is 3.10. The molecule has 5 nitrogen and oxygen atoms in total. The third-order valence-corrected chi connectivity index (χ3v) is 6.79. The van der Waals surface area contributed by atoms with E-state index in [1.165, 1.54) is 4.90 Å². The van der Waals surface area contributed by atoms with Crippen LogP contribution in [0.3, 0.4) is 0 Å². The summed E-state index contributed by atoms with van der Waals surface area (Å²) in [6.45, 7) is 3.65. The molecule has 0 radical (unpaired) electrons. The van der Waals surface area contributed by atoms with Crippen LogP contribution >= 0.6 is 27.5 Å². The van der Waals surface area contributed by atoms with Crippen LogP contribution in [-0.4, -0.2) is 34.7 Å². The first-order valence-electron chi connectivity index (χ1n) is 10.6. The molecular weight excluding hydrogens is 506 g/mol. The Morgan fingerprint density at radius 1 is 1.03 bits per heavy atom. The number of nitrogens with zero attached hydrogens (tertiary/aromatic N) is 1. The first-order valence-corrected chi connectivity index (χ1v) is 11.8. The summed E-state index contributed by atoms with van der Waals surface area (Å²) in [6.07, 6.45) is -0.680. The number of hydrogen-bond donors (Lipinski definition) is 1. The molecule has 1 aliphatic carbocycles. The summed E-state index contributed by atoms with van der Waals surface area (Å²) in [6, 6.07) is 19.3. The highest BCUT2D eigenvalue weighted by molar-refractivity contribution is 9.10. The lowest BCUT2D eigenvalue weighted by atomic mass is 9.98. The number of fused-ring (bicyclic) bond motifs is 3. The Labute approximate surface area is 206 Å². The molecule has 1 aliphatic rings. The number of carboxylic acid groups (broad SMARTS) is 1. The maximum Gasteiger partial charge on any atom is 0.411 e. The van der Waals surface area contributed by atoms with Crippen molar-refractivity contribution in [2.24, 2.45) is 0 Å². The van der Waals surface area contributed by atoms with Gasteiger partial charge in [-0.25, -0.2) is 9.59 Å². The highest BCUT2D eigenvalue weighted by Gasteiger charge is 2.37. The zero-order valence-electron chi connectivity index (χ0n) is 18.2. The van der Waals surface area contributed by atoms with Gasteiger partial charge in [-0.2, -0.15) is 0 Å². The molecule has 0 heterocycles. The topological polar surface area (TPSA) is 66.8 Å². The summed E-state index contributed by atoms with van der Waals surface area (Å²) in [5.74, 6) is -1.26. The van der Waals surface area contributed by atoms with Crippen LogP contribution in [0.5, 0.6) is 0 Å². The van der Waals surface area contributed by atoms with Gasteiger partial charge >= 0.3 is 12.1 Å². The van der Waals surface area contributed by atoms with E-state index in [-0.39, 0.29) is 12.5 Å². The lowest BCUT2D eigenvalue weighted by Crippen LogP contribution is -2.44. The van der Waals surface area contributed by atoms with Crippen LogP contribution in [0.4, 0.5) is 4.79 Å². The van der Waals surface area contributed by atoms with Gasteiger partial charge in [0.05, 0.1) is 0 Å². The molecule has 1 amide bonds. The summed E-state index contributed by atoms with van der Waals surface area (Å²) in [7, 11) is 0. The number of carbonyl (C=O) groups is 2. The molecule has 0 fully saturated rings. The van der Waals surface area contributed by atoms with Crippen LogP contribution in [0.15, 0.2) is 71.2 Å². The van der Waals surface area contributed by atoms with Gasteiger partial charge < -0.3 is 9.84 Å². The fourth-order valence-electron chi connectivity index (χ4n) is 4.41. The van der Waals surface area contributed by atoms with E-state index in [1.54, 1.807) is 32.0 Å². The van der Waals surface area contributed by atoms with Gasteiger partial charge in [0.2, 0.25) is 0 Å². The fourth-order valence-corrected chi connectivity index (χ4v) is 5.31. The molecule has 1 unspecified atom stereocenters. The molecule has 0 aromatic heterocycles. The molecule has 3 aromatic rings. The van der Waals surface area contributed by atoms with Crippen LogP contribution in [0.1, 0.15) is 42.5 Å². The third-order valence-electron chi connectivity index (χ3n) is 5.87. The SMILES string of the molecule is CC(C)N(C(=O)OCC1c2ccccc2-c2ccccc21)C(C(=O)O)c1ccc(Cl)cc1Br. The first kappa shape index (κ1) is 23.3. The van der Waals surface area contributed by atoms with E-state index in [4.69, 9.17) is 16.3 Å². The van der Waals surface area contributed by atoms with Crippen molar-refractivity contribution in [3.8, 4) is 11.1 Å². The number of carbonyl (C=O) groups excluding carboxylic acids is 1. The van der Waals surface area contributed by atoms with Crippen molar-refractivity contribution in [1.82, 2.24) is 4.90 Å². The third kappa shape index (κ3) is 4.50. The van der Waals surface area contributed by atoms with Gasteiger partial charge in [0, 0.05) is 27.0 Å². The van der Waals surface area contributed by atoms with Crippen molar-refractivity contribution >= 4 is 39.6 Å². The predicted molar refractivity (Wildman–Crippen MR) is 132 cm³/mol. The summed E-state index contributed by atoms with van der Waals surface area (Å²) >= 11 is 9.41. The Kier molecular flexibility index (Phi) is 6.77. The fraction of sp³-hybridized carbons (Fsp3) is 0.231. The van der Waals surface area contributed by atoms with Crippen molar-refractivity contribution < 1.29 is 19.4 Å². The number of hydrogen-bond acceptors (Lipinski definition) is 3. The molecule has 0 saturated carbocycles. The van der Waals surface area contributed by atoms with E-state index in [1.807, 2.05) is 36.4 Å². The first-order chi connectivity index (χ1) is 15.8. The lowest BCUT2D eigenvalue weighted by Gasteiger charge is -2.32. The Balaban J connectivity index is 1.61. The van der Waals surface area contributed by atoms with Crippen LogP contribution in [0, 0.1) is 0 Å². The number of rotatable bonds is 6. The van der Waals surface area contributed by atoms with E-state index in [2.05, 4.69) is 28.1 Å². The van der Waals surface area contributed by atoms with Crippen molar-refractivity contribution in [3.05, 3.63) is 92.9 Å². The van der Waals surface area contributed by atoms with Gasteiger partial charge in [0.15, 0.2) is 6.04 Å². The van der Waals surface area contributed by atoms with Gasteiger partial charge in [-0.3, -0.25) is 4.90 Å². The number of amides is 1. The molecule has 4 rings (SSSR count). The predicted octanol–water partition coefficient (Wildman–Crippen LogP) is 6.89. The van der Waals surface area contributed by atoms with E-state index < -0.39 is 24.1 Å². The van der Waals surface area contributed by atoms with Crippen molar-refractivity contribution in [2.45, 2.75) is 31.8 Å². The molecule has 0 saturated heterocycles. The van der Waals surface area contributed by atoms with E-state index in [0.29, 0.717) is 15.1 Å². The number of aliphatic carboxylic acids is 1. The monoisotopic (exact) mass is 527 g/mol. The Hall–Kier alpha value is -2.83. The zero-order valence-corrected chi connectivity index (χ0v) is 20.5. The van der Waals surface area contributed by atoms with Gasteiger partial charge in [-0.05, 0) is 48.2 Å². The highest BCUT2D eigenvalue weighted by Crippen LogP contribution is 2.44. The number of benzene rings is 3. The number of halogens is 2. The lowest BCUT2D eigenvalue weighted by molar-refractivity contribution is -0.143. The molecule has 1 atom stereocenters. The molecule has 0 bridgehead atoms.